The molecule has 2 aliphatic rings. The molecule has 1 fully saturated rings. The van der Waals surface area contributed by atoms with Gasteiger partial charge in [0.15, 0.2) is 0 Å². The molecule has 0 radical (unpaired) electrons. The Labute approximate surface area is 179 Å². The van der Waals surface area contributed by atoms with Crippen molar-refractivity contribution in [3.63, 3.8) is 0 Å². The highest BCUT2D eigenvalue weighted by Crippen LogP contribution is 2.44. The summed E-state index contributed by atoms with van der Waals surface area (Å²) in [5.74, 6) is -0.723. The van der Waals surface area contributed by atoms with Crippen molar-refractivity contribution in [3.05, 3.63) is 72.4 Å². The summed E-state index contributed by atoms with van der Waals surface area (Å²) in [5.41, 5.74) is 2.92. The van der Waals surface area contributed by atoms with E-state index in [0.29, 0.717) is 29.2 Å². The maximum absolute atomic E-state index is 13.0. The van der Waals surface area contributed by atoms with E-state index in [-0.39, 0.29) is 23.3 Å². The molecule has 0 saturated heterocycles. The SMILES string of the molecule is C=CC(=O)Nc1ccccc1NC(=O)c1ccc2cc3n(c2c1)C1(CCC1)CNC3=O. The number of anilines is 2. The second-order valence-electron chi connectivity index (χ2n) is 8.09. The fourth-order valence-corrected chi connectivity index (χ4v) is 4.50. The molecule has 5 rings (SSSR count). The van der Waals surface area contributed by atoms with E-state index in [2.05, 4.69) is 27.1 Å². The van der Waals surface area contributed by atoms with Gasteiger partial charge in [-0.1, -0.05) is 24.8 Å². The summed E-state index contributed by atoms with van der Waals surface area (Å²) in [6.07, 6.45) is 4.32. The van der Waals surface area contributed by atoms with Gasteiger partial charge in [-0.05, 0) is 55.7 Å². The molecule has 1 saturated carbocycles. The Morgan fingerprint density at radius 2 is 1.81 bits per heavy atom. The van der Waals surface area contributed by atoms with Gasteiger partial charge in [-0.2, -0.15) is 0 Å². The van der Waals surface area contributed by atoms with Crippen molar-refractivity contribution < 1.29 is 14.4 Å². The summed E-state index contributed by atoms with van der Waals surface area (Å²) in [4.78, 5) is 37.2. The number of carbonyl (C=O) groups is 3. The first-order valence-corrected chi connectivity index (χ1v) is 10.3. The molecule has 1 spiro atoms. The van der Waals surface area contributed by atoms with E-state index in [1.165, 1.54) is 6.08 Å². The maximum Gasteiger partial charge on any atom is 0.268 e. The molecule has 0 unspecified atom stereocenters. The standard InChI is InChI=1S/C24H22N4O3/c1-2-21(29)26-17-6-3-4-7-18(17)27-22(30)16-9-8-15-12-20-23(31)25-14-24(10-5-11-24)28(20)19(15)13-16/h2-4,6-9,12-13H,1,5,10-11,14H2,(H,25,31)(H,26,29)(H,27,30). The van der Waals surface area contributed by atoms with Crippen LogP contribution in [0.5, 0.6) is 0 Å². The lowest BCUT2D eigenvalue weighted by molar-refractivity contribution is -0.111. The molecule has 0 bridgehead atoms. The number of amides is 3. The van der Waals surface area contributed by atoms with Crippen LogP contribution in [0, 0.1) is 0 Å². The van der Waals surface area contributed by atoms with Gasteiger partial charge in [0.1, 0.15) is 5.69 Å². The van der Waals surface area contributed by atoms with E-state index >= 15 is 0 Å². The lowest BCUT2D eigenvalue weighted by Crippen LogP contribution is -2.55. The number of carbonyl (C=O) groups excluding carboxylic acids is 3. The Hall–Kier alpha value is -3.87. The zero-order valence-corrected chi connectivity index (χ0v) is 16.9. The molecule has 3 aromatic rings. The zero-order chi connectivity index (χ0) is 21.6. The van der Waals surface area contributed by atoms with Crippen molar-refractivity contribution in [3.8, 4) is 0 Å². The first-order chi connectivity index (χ1) is 15.0. The Morgan fingerprint density at radius 1 is 1.06 bits per heavy atom. The van der Waals surface area contributed by atoms with Crippen LogP contribution in [0.2, 0.25) is 0 Å². The van der Waals surface area contributed by atoms with E-state index in [1.807, 2.05) is 18.2 Å². The molecule has 156 valence electrons. The van der Waals surface area contributed by atoms with Crippen molar-refractivity contribution in [1.29, 1.82) is 0 Å². The summed E-state index contributed by atoms with van der Waals surface area (Å²) in [5, 5.41) is 9.51. The number of hydrogen-bond donors (Lipinski definition) is 3. The van der Waals surface area contributed by atoms with Crippen LogP contribution in [0.3, 0.4) is 0 Å². The first-order valence-electron chi connectivity index (χ1n) is 10.3. The molecular formula is C24H22N4O3. The van der Waals surface area contributed by atoms with E-state index in [1.54, 1.807) is 30.3 Å². The second-order valence-corrected chi connectivity index (χ2v) is 8.09. The number of aromatic nitrogens is 1. The average Bonchev–Trinajstić information content (AvgIpc) is 3.14. The van der Waals surface area contributed by atoms with Crippen LogP contribution in [0.4, 0.5) is 11.4 Å². The summed E-state index contributed by atoms with van der Waals surface area (Å²) in [7, 11) is 0. The number of benzene rings is 2. The lowest BCUT2D eigenvalue weighted by Gasteiger charge is -2.47. The van der Waals surface area contributed by atoms with Crippen molar-refractivity contribution in [2.45, 2.75) is 24.8 Å². The van der Waals surface area contributed by atoms with Crippen molar-refractivity contribution in [2.24, 2.45) is 0 Å². The lowest BCUT2D eigenvalue weighted by atomic mass is 9.75. The smallest absolute Gasteiger partial charge is 0.268 e. The van der Waals surface area contributed by atoms with Crippen LogP contribution in [0.25, 0.3) is 10.9 Å². The van der Waals surface area contributed by atoms with E-state index in [0.717, 1.165) is 30.2 Å². The van der Waals surface area contributed by atoms with Crippen molar-refractivity contribution in [2.75, 3.05) is 17.2 Å². The highest BCUT2D eigenvalue weighted by atomic mass is 16.2. The van der Waals surface area contributed by atoms with Gasteiger partial charge in [0.2, 0.25) is 5.91 Å². The van der Waals surface area contributed by atoms with E-state index in [4.69, 9.17) is 0 Å². The number of nitrogens with zero attached hydrogens (tertiary/aromatic N) is 1. The Balaban J connectivity index is 1.50. The number of rotatable bonds is 4. The summed E-state index contributed by atoms with van der Waals surface area (Å²) < 4.78 is 2.12. The molecule has 3 N–H and O–H groups in total. The molecule has 0 atom stereocenters. The minimum Gasteiger partial charge on any atom is -0.348 e. The van der Waals surface area contributed by atoms with E-state index < -0.39 is 0 Å². The normalized spacial score (nSPS) is 16.2. The van der Waals surface area contributed by atoms with Gasteiger partial charge in [0, 0.05) is 17.5 Å². The van der Waals surface area contributed by atoms with Gasteiger partial charge in [-0.25, -0.2) is 0 Å². The fraction of sp³-hybridized carbons (Fsp3) is 0.208. The van der Waals surface area contributed by atoms with Crippen LogP contribution >= 0.6 is 0 Å². The Kier molecular flexibility index (Phi) is 4.39. The van der Waals surface area contributed by atoms with Crippen molar-refractivity contribution >= 4 is 40.0 Å². The fourth-order valence-electron chi connectivity index (χ4n) is 4.50. The van der Waals surface area contributed by atoms with Crippen LogP contribution in [-0.2, 0) is 10.3 Å². The second kappa shape index (κ2) is 7.12. The van der Waals surface area contributed by atoms with Crippen LogP contribution < -0.4 is 16.0 Å². The zero-order valence-electron chi connectivity index (χ0n) is 16.9. The molecular weight excluding hydrogens is 392 g/mol. The highest BCUT2D eigenvalue weighted by molar-refractivity contribution is 6.10. The maximum atomic E-state index is 13.0. The molecule has 7 heteroatoms. The van der Waals surface area contributed by atoms with Gasteiger partial charge < -0.3 is 20.5 Å². The van der Waals surface area contributed by atoms with Gasteiger partial charge in [0.25, 0.3) is 11.8 Å². The van der Waals surface area contributed by atoms with Crippen molar-refractivity contribution in [1.82, 2.24) is 9.88 Å². The van der Waals surface area contributed by atoms with E-state index in [9.17, 15) is 14.4 Å². The minimum absolute atomic E-state index is 0.0772. The molecule has 31 heavy (non-hydrogen) atoms. The highest BCUT2D eigenvalue weighted by Gasteiger charge is 2.44. The minimum atomic E-state index is -0.355. The Morgan fingerprint density at radius 3 is 2.48 bits per heavy atom. The predicted molar refractivity (Wildman–Crippen MR) is 119 cm³/mol. The largest absolute Gasteiger partial charge is 0.348 e. The molecule has 7 nitrogen and oxygen atoms in total. The third-order valence-electron chi connectivity index (χ3n) is 6.25. The summed E-state index contributed by atoms with van der Waals surface area (Å²) in [6.45, 7) is 4.07. The van der Waals surface area contributed by atoms with Gasteiger partial charge >= 0.3 is 0 Å². The quantitative estimate of drug-likeness (QED) is 0.569. The molecule has 3 amide bonds. The monoisotopic (exact) mass is 414 g/mol. The molecule has 2 heterocycles. The van der Waals surface area contributed by atoms with Crippen LogP contribution in [0.1, 0.15) is 40.1 Å². The van der Waals surface area contributed by atoms with Gasteiger partial charge in [-0.3, -0.25) is 14.4 Å². The van der Waals surface area contributed by atoms with Crippen LogP contribution in [0.15, 0.2) is 61.2 Å². The topological polar surface area (TPSA) is 92.2 Å². The first kappa shape index (κ1) is 19.1. The Bertz CT molecular complexity index is 1250. The average molecular weight is 414 g/mol. The third kappa shape index (κ3) is 3.09. The predicted octanol–water partition coefficient (Wildman–Crippen LogP) is 3.64. The van der Waals surface area contributed by atoms with Gasteiger partial charge in [0.05, 0.1) is 22.4 Å². The number of para-hydroxylation sites is 2. The molecule has 1 aliphatic carbocycles. The van der Waals surface area contributed by atoms with Crippen LogP contribution in [-0.4, -0.2) is 28.8 Å². The number of nitrogens with one attached hydrogen (secondary N) is 3. The third-order valence-corrected chi connectivity index (χ3v) is 6.25. The number of hydrogen-bond acceptors (Lipinski definition) is 3. The summed E-state index contributed by atoms with van der Waals surface area (Å²) in [6, 6.07) is 14.4. The van der Waals surface area contributed by atoms with Gasteiger partial charge in [-0.15, -0.1) is 0 Å². The molecule has 2 aromatic carbocycles. The molecule has 1 aliphatic heterocycles. The molecule has 1 aromatic heterocycles. The number of fused-ring (bicyclic) bond motifs is 4. The summed E-state index contributed by atoms with van der Waals surface area (Å²) >= 11 is 0.